The van der Waals surface area contributed by atoms with Gasteiger partial charge in [0.15, 0.2) is 0 Å². The first-order chi connectivity index (χ1) is 7.84. The fraction of sp³-hybridized carbons (Fsp3) is 0.727. The number of hydrogen-bond acceptors (Lipinski definition) is 3. The summed E-state index contributed by atoms with van der Waals surface area (Å²) in [5, 5.41) is 6.69. The molecule has 2 atom stereocenters. The maximum atomic E-state index is 12.5. The summed E-state index contributed by atoms with van der Waals surface area (Å²) < 4.78 is 26.6. The van der Waals surface area contributed by atoms with Crippen molar-refractivity contribution in [1.29, 1.82) is 0 Å². The molecule has 2 unspecified atom stereocenters. The number of nitrogens with one attached hydrogen (secondary N) is 1. The molecule has 0 saturated carbocycles. The quantitative estimate of drug-likeness (QED) is 0.868. The van der Waals surface area contributed by atoms with E-state index in [-0.39, 0.29) is 0 Å². The lowest BCUT2D eigenvalue weighted by Gasteiger charge is -2.16. The molecule has 6 heteroatoms. The largest absolute Gasteiger partial charge is 0.281 e. The highest BCUT2D eigenvalue weighted by molar-refractivity contribution is 7.89. The highest BCUT2D eigenvalue weighted by Gasteiger charge is 2.37. The molecule has 1 saturated heterocycles. The fourth-order valence-electron chi connectivity index (χ4n) is 2.32. The molecule has 1 aliphatic rings. The third-order valence-corrected chi connectivity index (χ3v) is 5.71. The number of aromatic amines is 1. The molecular formula is C11H19N3O2S. The molecule has 0 spiro atoms. The minimum absolute atomic E-state index is 0.346. The van der Waals surface area contributed by atoms with Gasteiger partial charge in [-0.05, 0) is 25.7 Å². The van der Waals surface area contributed by atoms with Crippen LogP contribution in [0.1, 0.15) is 25.2 Å². The number of sulfonamides is 1. The Morgan fingerprint density at radius 1 is 1.24 bits per heavy atom. The van der Waals surface area contributed by atoms with Gasteiger partial charge < -0.3 is 0 Å². The van der Waals surface area contributed by atoms with Crippen LogP contribution in [0.2, 0.25) is 0 Å². The minimum atomic E-state index is -3.38. The van der Waals surface area contributed by atoms with Gasteiger partial charge in [0.1, 0.15) is 4.90 Å². The molecule has 1 aromatic heterocycles. The van der Waals surface area contributed by atoms with Crippen LogP contribution in [-0.4, -0.2) is 36.0 Å². The van der Waals surface area contributed by atoms with E-state index < -0.39 is 10.0 Å². The van der Waals surface area contributed by atoms with Crippen LogP contribution in [0.5, 0.6) is 0 Å². The van der Waals surface area contributed by atoms with Crippen molar-refractivity contribution >= 4 is 10.0 Å². The second-order valence-corrected chi connectivity index (χ2v) is 6.91. The summed E-state index contributed by atoms with van der Waals surface area (Å²) in [5.41, 5.74) is 1.17. The summed E-state index contributed by atoms with van der Waals surface area (Å²) in [6.45, 7) is 8.86. The highest BCUT2D eigenvalue weighted by Crippen LogP contribution is 2.29. The lowest BCUT2D eigenvalue weighted by Crippen LogP contribution is -2.29. The van der Waals surface area contributed by atoms with E-state index in [4.69, 9.17) is 0 Å². The first-order valence-corrected chi connectivity index (χ1v) is 7.29. The molecule has 5 nitrogen and oxygen atoms in total. The van der Waals surface area contributed by atoms with Crippen molar-refractivity contribution in [2.75, 3.05) is 13.1 Å². The molecule has 1 fully saturated rings. The van der Waals surface area contributed by atoms with Gasteiger partial charge in [-0.15, -0.1) is 0 Å². The number of aromatic nitrogens is 2. The van der Waals surface area contributed by atoms with Gasteiger partial charge in [-0.3, -0.25) is 5.10 Å². The molecule has 17 heavy (non-hydrogen) atoms. The molecule has 0 amide bonds. The summed E-state index contributed by atoms with van der Waals surface area (Å²) in [5.74, 6) is 0.828. The van der Waals surface area contributed by atoms with Gasteiger partial charge in [0.25, 0.3) is 0 Å². The summed E-state index contributed by atoms with van der Waals surface area (Å²) >= 11 is 0. The van der Waals surface area contributed by atoms with E-state index in [1.807, 2.05) is 0 Å². The van der Waals surface area contributed by atoms with Crippen molar-refractivity contribution in [3.63, 3.8) is 0 Å². The van der Waals surface area contributed by atoms with Crippen molar-refractivity contribution in [1.82, 2.24) is 14.5 Å². The topological polar surface area (TPSA) is 66.1 Å². The average Bonchev–Trinajstić information content (AvgIpc) is 2.72. The van der Waals surface area contributed by atoms with Crippen LogP contribution in [-0.2, 0) is 10.0 Å². The molecule has 2 heterocycles. The normalized spacial score (nSPS) is 26.6. The Morgan fingerprint density at radius 3 is 2.18 bits per heavy atom. The van der Waals surface area contributed by atoms with Gasteiger partial charge in [0.05, 0.1) is 11.4 Å². The predicted molar refractivity (Wildman–Crippen MR) is 65.1 cm³/mol. The van der Waals surface area contributed by atoms with Gasteiger partial charge in [-0.1, -0.05) is 13.8 Å². The standard InChI is InChI=1S/C11H19N3O2S/c1-7-5-14(6-8(7)2)17(15,16)11-9(3)12-13-10(11)4/h7-8H,5-6H2,1-4H3,(H,12,13). The zero-order valence-corrected chi connectivity index (χ0v) is 11.5. The lowest BCUT2D eigenvalue weighted by molar-refractivity contribution is 0.462. The maximum Gasteiger partial charge on any atom is 0.246 e. The second-order valence-electron chi connectivity index (χ2n) is 5.04. The Bertz CT molecular complexity index is 491. The summed E-state index contributed by atoms with van der Waals surface area (Å²) in [7, 11) is -3.38. The molecule has 0 aromatic carbocycles. The Balaban J connectivity index is 2.39. The molecule has 1 aliphatic heterocycles. The monoisotopic (exact) mass is 257 g/mol. The number of nitrogens with zero attached hydrogens (tertiary/aromatic N) is 2. The third-order valence-electron chi connectivity index (χ3n) is 3.61. The Morgan fingerprint density at radius 2 is 1.76 bits per heavy atom. The first kappa shape index (κ1) is 12.6. The SMILES string of the molecule is Cc1n[nH]c(C)c1S(=O)(=O)N1CC(C)C(C)C1. The maximum absolute atomic E-state index is 12.5. The van der Waals surface area contributed by atoms with E-state index in [0.29, 0.717) is 41.2 Å². The minimum Gasteiger partial charge on any atom is -0.281 e. The van der Waals surface area contributed by atoms with Crippen molar-refractivity contribution in [2.45, 2.75) is 32.6 Å². The van der Waals surface area contributed by atoms with Gasteiger partial charge in [-0.2, -0.15) is 9.40 Å². The van der Waals surface area contributed by atoms with Crippen LogP contribution >= 0.6 is 0 Å². The number of aryl methyl sites for hydroxylation is 2. The van der Waals surface area contributed by atoms with Gasteiger partial charge in [-0.25, -0.2) is 8.42 Å². The zero-order chi connectivity index (χ0) is 12.8. The molecular weight excluding hydrogens is 238 g/mol. The third kappa shape index (κ3) is 1.99. The van der Waals surface area contributed by atoms with E-state index in [1.54, 1.807) is 18.2 Å². The Hall–Kier alpha value is -0.880. The molecule has 1 N–H and O–H groups in total. The van der Waals surface area contributed by atoms with Gasteiger partial charge in [0.2, 0.25) is 10.0 Å². The van der Waals surface area contributed by atoms with Gasteiger partial charge >= 0.3 is 0 Å². The van der Waals surface area contributed by atoms with Crippen molar-refractivity contribution in [3.05, 3.63) is 11.4 Å². The Kier molecular flexibility index (Phi) is 3.03. The van der Waals surface area contributed by atoms with Crippen LogP contribution < -0.4 is 0 Å². The molecule has 96 valence electrons. The predicted octanol–water partition coefficient (Wildman–Crippen LogP) is 1.30. The van der Waals surface area contributed by atoms with Crippen molar-refractivity contribution in [3.8, 4) is 0 Å². The zero-order valence-electron chi connectivity index (χ0n) is 10.7. The molecule has 0 radical (unpaired) electrons. The van der Waals surface area contributed by atoms with Crippen molar-refractivity contribution in [2.24, 2.45) is 11.8 Å². The first-order valence-electron chi connectivity index (χ1n) is 5.85. The van der Waals surface area contributed by atoms with E-state index in [9.17, 15) is 8.42 Å². The Labute approximate surface area is 102 Å². The van der Waals surface area contributed by atoms with Gasteiger partial charge in [0, 0.05) is 13.1 Å². The van der Waals surface area contributed by atoms with E-state index in [1.165, 1.54) is 0 Å². The lowest BCUT2D eigenvalue weighted by atomic mass is 10.0. The average molecular weight is 257 g/mol. The molecule has 0 aliphatic carbocycles. The summed E-state index contributed by atoms with van der Waals surface area (Å²) in [6.07, 6.45) is 0. The van der Waals surface area contributed by atoms with E-state index >= 15 is 0 Å². The van der Waals surface area contributed by atoms with Crippen LogP contribution in [0, 0.1) is 25.7 Å². The number of H-pyrrole nitrogens is 1. The second kappa shape index (κ2) is 4.10. The number of hydrogen-bond donors (Lipinski definition) is 1. The number of rotatable bonds is 2. The van der Waals surface area contributed by atoms with E-state index in [2.05, 4.69) is 24.0 Å². The van der Waals surface area contributed by atoms with Crippen LogP contribution in [0.4, 0.5) is 0 Å². The van der Waals surface area contributed by atoms with E-state index in [0.717, 1.165) is 0 Å². The van der Waals surface area contributed by atoms with Crippen LogP contribution in [0.15, 0.2) is 4.90 Å². The molecule has 2 rings (SSSR count). The van der Waals surface area contributed by atoms with Crippen LogP contribution in [0.25, 0.3) is 0 Å². The summed E-state index contributed by atoms with van der Waals surface area (Å²) in [4.78, 5) is 0.346. The molecule has 1 aromatic rings. The smallest absolute Gasteiger partial charge is 0.246 e. The fourth-order valence-corrected chi connectivity index (χ4v) is 4.30. The highest BCUT2D eigenvalue weighted by atomic mass is 32.2. The summed E-state index contributed by atoms with van der Waals surface area (Å²) in [6, 6.07) is 0. The van der Waals surface area contributed by atoms with Crippen LogP contribution in [0.3, 0.4) is 0 Å². The molecule has 0 bridgehead atoms. The van der Waals surface area contributed by atoms with Crippen molar-refractivity contribution < 1.29 is 8.42 Å².